The number of carboxylic acid groups (broad SMARTS) is 1. The van der Waals surface area contributed by atoms with Gasteiger partial charge in [0.1, 0.15) is 0 Å². The number of aryl methyl sites for hydroxylation is 1. The summed E-state index contributed by atoms with van der Waals surface area (Å²) in [5.41, 5.74) is 0.439. The molecule has 0 atom stereocenters. The van der Waals surface area contributed by atoms with Crippen molar-refractivity contribution in [3.8, 4) is 11.1 Å². The van der Waals surface area contributed by atoms with Gasteiger partial charge in [-0.1, -0.05) is 30.3 Å². The zero-order valence-electron chi connectivity index (χ0n) is 14.1. The predicted molar refractivity (Wildman–Crippen MR) is 91.2 cm³/mol. The quantitative estimate of drug-likeness (QED) is 0.878. The molecule has 0 bridgehead atoms. The minimum atomic E-state index is -4.56. The molecule has 0 unspecified atom stereocenters. The van der Waals surface area contributed by atoms with Gasteiger partial charge in [0.15, 0.2) is 5.69 Å². The highest BCUT2D eigenvalue weighted by molar-refractivity contribution is 5.72. The molecule has 1 aromatic carbocycles. The third-order valence-corrected chi connectivity index (χ3v) is 4.43. The van der Waals surface area contributed by atoms with Crippen molar-refractivity contribution in [1.29, 1.82) is 0 Å². The molecule has 2 heterocycles. The molecule has 0 spiro atoms. The van der Waals surface area contributed by atoms with Crippen LogP contribution in [-0.4, -0.2) is 47.3 Å². The summed E-state index contributed by atoms with van der Waals surface area (Å²) >= 11 is 0. The van der Waals surface area contributed by atoms with E-state index in [4.69, 9.17) is 5.11 Å². The van der Waals surface area contributed by atoms with Crippen LogP contribution in [0.1, 0.15) is 11.4 Å². The first-order valence-corrected chi connectivity index (χ1v) is 8.14. The molecule has 0 saturated carbocycles. The number of hydrogen-bond donors (Lipinski definition) is 1. The minimum absolute atomic E-state index is 0.0272. The van der Waals surface area contributed by atoms with Gasteiger partial charge in [0.2, 0.25) is 0 Å². The normalized spacial score (nSPS) is 15.2. The van der Waals surface area contributed by atoms with Crippen LogP contribution < -0.4 is 4.90 Å². The van der Waals surface area contributed by atoms with E-state index >= 15 is 0 Å². The summed E-state index contributed by atoms with van der Waals surface area (Å²) < 4.78 is 40.4. The van der Waals surface area contributed by atoms with Crippen molar-refractivity contribution >= 4 is 11.8 Å². The van der Waals surface area contributed by atoms with Crippen LogP contribution in [0.5, 0.6) is 0 Å². The molecule has 1 saturated heterocycles. The Morgan fingerprint density at radius 2 is 1.73 bits per heavy atom. The molecule has 1 amide bonds. The van der Waals surface area contributed by atoms with Gasteiger partial charge >= 0.3 is 12.3 Å². The summed E-state index contributed by atoms with van der Waals surface area (Å²) in [6.07, 6.45) is -5.55. The molecule has 2 aromatic rings. The highest BCUT2D eigenvalue weighted by Gasteiger charge is 2.37. The smallest absolute Gasteiger partial charge is 0.433 e. The number of pyridine rings is 1. The van der Waals surface area contributed by atoms with E-state index in [0.717, 1.165) is 0 Å². The largest absolute Gasteiger partial charge is 0.465 e. The number of anilines is 1. The number of halogens is 3. The van der Waals surface area contributed by atoms with E-state index in [0.29, 0.717) is 37.4 Å². The van der Waals surface area contributed by atoms with Gasteiger partial charge in [-0.2, -0.15) is 13.2 Å². The average molecular weight is 365 g/mol. The number of piperazine rings is 1. The van der Waals surface area contributed by atoms with Crippen LogP contribution in [0.25, 0.3) is 11.1 Å². The lowest BCUT2D eigenvalue weighted by Gasteiger charge is -2.35. The molecular weight excluding hydrogens is 347 g/mol. The van der Waals surface area contributed by atoms with Crippen LogP contribution in [0.15, 0.2) is 36.4 Å². The van der Waals surface area contributed by atoms with Crippen LogP contribution in [0.4, 0.5) is 23.7 Å². The minimum Gasteiger partial charge on any atom is -0.465 e. The van der Waals surface area contributed by atoms with Crippen LogP contribution >= 0.6 is 0 Å². The maximum atomic E-state index is 13.5. The first-order valence-electron chi connectivity index (χ1n) is 8.14. The van der Waals surface area contributed by atoms with Crippen molar-refractivity contribution in [3.63, 3.8) is 0 Å². The molecule has 3 rings (SSSR count). The second kappa shape index (κ2) is 6.86. The van der Waals surface area contributed by atoms with E-state index in [2.05, 4.69) is 4.98 Å². The number of carbonyl (C=O) groups is 1. The Morgan fingerprint density at radius 1 is 1.12 bits per heavy atom. The second-order valence-corrected chi connectivity index (χ2v) is 6.11. The van der Waals surface area contributed by atoms with Gasteiger partial charge in [0, 0.05) is 31.7 Å². The molecule has 1 N–H and O–H groups in total. The highest BCUT2D eigenvalue weighted by Crippen LogP contribution is 2.38. The van der Waals surface area contributed by atoms with Crippen molar-refractivity contribution in [3.05, 3.63) is 47.8 Å². The number of benzene rings is 1. The van der Waals surface area contributed by atoms with E-state index in [-0.39, 0.29) is 11.3 Å². The van der Waals surface area contributed by atoms with Gasteiger partial charge in [0.25, 0.3) is 0 Å². The van der Waals surface area contributed by atoms with E-state index in [1.165, 1.54) is 11.0 Å². The van der Waals surface area contributed by atoms with Crippen molar-refractivity contribution < 1.29 is 23.1 Å². The summed E-state index contributed by atoms with van der Waals surface area (Å²) in [6.45, 7) is 2.97. The first kappa shape index (κ1) is 18.0. The van der Waals surface area contributed by atoms with Crippen LogP contribution in [0, 0.1) is 6.92 Å². The van der Waals surface area contributed by atoms with Gasteiger partial charge in [-0.3, -0.25) is 0 Å². The Hall–Kier alpha value is -2.77. The molecule has 8 heteroatoms. The number of nitrogens with zero attached hydrogens (tertiary/aromatic N) is 3. The molecule has 1 aliphatic heterocycles. The molecule has 0 aliphatic carbocycles. The number of alkyl halides is 3. The molecule has 1 aliphatic rings. The van der Waals surface area contributed by atoms with Crippen molar-refractivity contribution in [1.82, 2.24) is 9.88 Å². The third-order valence-electron chi connectivity index (χ3n) is 4.43. The van der Waals surface area contributed by atoms with Crippen molar-refractivity contribution in [2.24, 2.45) is 0 Å². The molecule has 138 valence electrons. The fourth-order valence-electron chi connectivity index (χ4n) is 3.11. The Balaban J connectivity index is 2.01. The van der Waals surface area contributed by atoms with E-state index in [9.17, 15) is 18.0 Å². The summed E-state index contributed by atoms with van der Waals surface area (Å²) in [4.78, 5) is 18.1. The lowest BCUT2D eigenvalue weighted by molar-refractivity contribution is -0.140. The van der Waals surface area contributed by atoms with Crippen molar-refractivity contribution in [2.75, 3.05) is 31.1 Å². The van der Waals surface area contributed by atoms with Crippen molar-refractivity contribution in [2.45, 2.75) is 13.1 Å². The Bertz CT molecular complexity index is 801. The van der Waals surface area contributed by atoms with Gasteiger partial charge in [-0.05, 0) is 18.6 Å². The van der Waals surface area contributed by atoms with E-state index in [1.807, 2.05) is 4.90 Å². The monoisotopic (exact) mass is 365 g/mol. The second-order valence-electron chi connectivity index (χ2n) is 6.11. The lowest BCUT2D eigenvalue weighted by Crippen LogP contribution is -2.48. The Kier molecular flexibility index (Phi) is 4.76. The number of rotatable bonds is 2. The fraction of sp³-hybridized carbons (Fsp3) is 0.333. The predicted octanol–water partition coefficient (Wildman–Crippen LogP) is 3.88. The Morgan fingerprint density at radius 3 is 2.27 bits per heavy atom. The number of aromatic nitrogens is 1. The Labute approximate surface area is 148 Å². The zero-order valence-corrected chi connectivity index (χ0v) is 14.1. The van der Waals surface area contributed by atoms with E-state index < -0.39 is 18.0 Å². The zero-order chi connectivity index (χ0) is 18.9. The molecule has 26 heavy (non-hydrogen) atoms. The fourth-order valence-corrected chi connectivity index (χ4v) is 3.11. The SMILES string of the molecule is Cc1nc(C(F)(F)F)c(-c2ccccc2)cc1N1CCN(C(=O)O)CC1. The molecular formula is C18H18F3N3O2. The number of amides is 1. The van der Waals surface area contributed by atoms with Crippen LogP contribution in [-0.2, 0) is 6.18 Å². The maximum absolute atomic E-state index is 13.5. The first-order chi connectivity index (χ1) is 12.3. The van der Waals surface area contributed by atoms with Crippen LogP contribution in [0.3, 0.4) is 0 Å². The molecule has 1 aromatic heterocycles. The third kappa shape index (κ3) is 3.58. The topological polar surface area (TPSA) is 56.7 Å². The van der Waals surface area contributed by atoms with Gasteiger partial charge in [-0.25, -0.2) is 9.78 Å². The summed E-state index contributed by atoms with van der Waals surface area (Å²) in [7, 11) is 0. The summed E-state index contributed by atoms with van der Waals surface area (Å²) in [5, 5.41) is 9.04. The lowest BCUT2D eigenvalue weighted by atomic mass is 10.0. The van der Waals surface area contributed by atoms with Gasteiger partial charge < -0.3 is 14.9 Å². The number of hydrogen-bond acceptors (Lipinski definition) is 3. The standard InChI is InChI=1S/C18H18F3N3O2/c1-12-15(23-7-9-24(10-8-23)17(25)26)11-14(13-5-3-2-4-6-13)16(22-12)18(19,20)21/h2-6,11H,7-10H2,1H3,(H,25,26). The molecule has 0 radical (unpaired) electrons. The van der Waals surface area contributed by atoms with E-state index in [1.54, 1.807) is 37.3 Å². The van der Waals surface area contributed by atoms with Crippen LogP contribution in [0.2, 0.25) is 0 Å². The molecule has 1 fully saturated rings. The maximum Gasteiger partial charge on any atom is 0.433 e. The summed E-state index contributed by atoms with van der Waals surface area (Å²) in [5.74, 6) is 0. The molecule has 5 nitrogen and oxygen atoms in total. The van der Waals surface area contributed by atoms with Gasteiger partial charge in [-0.15, -0.1) is 0 Å². The summed E-state index contributed by atoms with van der Waals surface area (Å²) in [6, 6.07) is 9.85. The average Bonchev–Trinajstić information content (AvgIpc) is 2.61. The van der Waals surface area contributed by atoms with Gasteiger partial charge in [0.05, 0.1) is 11.4 Å². The highest BCUT2D eigenvalue weighted by atomic mass is 19.4.